The molecule has 6 heteroatoms. The predicted octanol–water partition coefficient (Wildman–Crippen LogP) is 1.16. The van der Waals surface area contributed by atoms with Gasteiger partial charge in [0, 0.05) is 17.7 Å². The lowest BCUT2D eigenvalue weighted by Gasteiger charge is -2.05. The lowest BCUT2D eigenvalue weighted by atomic mass is 10.4. The molecule has 0 rings (SSSR count). The highest BCUT2D eigenvalue weighted by molar-refractivity contribution is 5.91. The fourth-order valence-electron chi connectivity index (χ4n) is 0.856. The van der Waals surface area contributed by atoms with Gasteiger partial charge in [-0.15, -0.1) is 0 Å². The molecule has 0 fully saturated rings. The summed E-state index contributed by atoms with van der Waals surface area (Å²) in [6, 6.07) is 0. The van der Waals surface area contributed by atoms with Crippen molar-refractivity contribution in [2.75, 3.05) is 13.2 Å². The normalized spacial score (nSPS) is 10.3. The van der Waals surface area contributed by atoms with Gasteiger partial charge in [0.15, 0.2) is 0 Å². The summed E-state index contributed by atoms with van der Waals surface area (Å²) >= 11 is 0. The van der Waals surface area contributed by atoms with Crippen molar-refractivity contribution in [3.8, 4) is 0 Å². The largest absolute Gasteiger partial charge is 0.460 e. The van der Waals surface area contributed by atoms with Crippen LogP contribution in [0.4, 0.5) is 0 Å². The number of esters is 3. The second-order valence-electron chi connectivity index (χ2n) is 3.90. The van der Waals surface area contributed by atoms with Gasteiger partial charge in [-0.1, -0.05) is 6.58 Å². The third-order valence-corrected chi connectivity index (χ3v) is 1.62. The monoisotopic (exact) mass is 270 g/mol. The molecule has 0 heterocycles. The van der Waals surface area contributed by atoms with E-state index in [9.17, 15) is 14.4 Å². The summed E-state index contributed by atoms with van der Waals surface area (Å²) in [5.41, 5.74) is 0.266. The van der Waals surface area contributed by atoms with Gasteiger partial charge in [0.1, 0.15) is 13.2 Å². The number of hydrogen-bond donors (Lipinski definition) is 0. The molecular weight excluding hydrogens is 252 g/mol. The van der Waals surface area contributed by atoms with Crippen LogP contribution >= 0.6 is 0 Å². The number of rotatable bonds is 7. The maximum absolute atomic E-state index is 11.1. The van der Waals surface area contributed by atoms with E-state index in [0.717, 1.165) is 12.2 Å². The second-order valence-corrected chi connectivity index (χ2v) is 3.90. The van der Waals surface area contributed by atoms with Gasteiger partial charge in [-0.2, -0.15) is 0 Å². The number of ether oxygens (including phenoxy) is 3. The van der Waals surface area contributed by atoms with E-state index in [2.05, 4.69) is 11.3 Å². The molecule has 0 aromatic heterocycles. The van der Waals surface area contributed by atoms with Gasteiger partial charge in [0.25, 0.3) is 0 Å². The number of carbonyl (C=O) groups is 3. The first kappa shape index (κ1) is 16.9. The molecular formula is C13H18O6. The molecule has 0 bridgehead atoms. The smallest absolute Gasteiger partial charge is 0.333 e. The Morgan fingerprint density at radius 3 is 2.11 bits per heavy atom. The Labute approximate surface area is 112 Å². The lowest BCUT2D eigenvalue weighted by molar-refractivity contribution is -0.146. The van der Waals surface area contributed by atoms with Gasteiger partial charge in [-0.25, -0.2) is 14.4 Å². The third kappa shape index (κ3) is 9.58. The Morgan fingerprint density at radius 2 is 1.58 bits per heavy atom. The van der Waals surface area contributed by atoms with Gasteiger partial charge in [0.05, 0.1) is 6.10 Å². The fourth-order valence-corrected chi connectivity index (χ4v) is 0.856. The summed E-state index contributed by atoms with van der Waals surface area (Å²) in [6.45, 7) is 8.13. The standard InChI is InChI=1S/C13H18O6/c1-9(2)13(16)18-8-7-17-11(14)5-6-12(15)19-10(3)4/h5-6,10H,1,7-8H2,2-4H3/b6-5+. The SMILES string of the molecule is C=C(C)C(=O)OCCOC(=O)/C=C/C(=O)OC(C)C. The van der Waals surface area contributed by atoms with E-state index in [1.54, 1.807) is 13.8 Å². The summed E-state index contributed by atoms with van der Waals surface area (Å²) in [4.78, 5) is 33.2. The first-order chi connectivity index (χ1) is 8.82. The Kier molecular flexibility index (Phi) is 7.92. The number of carbonyl (C=O) groups excluding carboxylic acids is 3. The molecule has 6 nitrogen and oxygen atoms in total. The zero-order valence-corrected chi connectivity index (χ0v) is 11.3. The van der Waals surface area contributed by atoms with Crippen LogP contribution in [0, 0.1) is 0 Å². The maximum atomic E-state index is 11.1. The van der Waals surface area contributed by atoms with Gasteiger partial charge in [0.2, 0.25) is 0 Å². The van der Waals surface area contributed by atoms with Crippen LogP contribution < -0.4 is 0 Å². The number of hydrogen-bond acceptors (Lipinski definition) is 6. The molecule has 0 saturated carbocycles. The molecule has 0 unspecified atom stereocenters. The average molecular weight is 270 g/mol. The van der Waals surface area contributed by atoms with E-state index in [0.29, 0.717) is 0 Å². The Bertz CT molecular complexity index is 381. The molecule has 0 spiro atoms. The Hall–Kier alpha value is -2.11. The van der Waals surface area contributed by atoms with E-state index in [-0.39, 0.29) is 24.9 Å². The average Bonchev–Trinajstić information content (AvgIpc) is 2.30. The van der Waals surface area contributed by atoms with Gasteiger partial charge >= 0.3 is 17.9 Å². The van der Waals surface area contributed by atoms with Crippen molar-refractivity contribution in [3.63, 3.8) is 0 Å². The van der Waals surface area contributed by atoms with Crippen LogP contribution in [0.15, 0.2) is 24.3 Å². The molecule has 0 radical (unpaired) electrons. The maximum Gasteiger partial charge on any atom is 0.333 e. The van der Waals surface area contributed by atoms with Crippen molar-refractivity contribution in [1.82, 2.24) is 0 Å². The molecule has 0 amide bonds. The van der Waals surface area contributed by atoms with Crippen molar-refractivity contribution in [3.05, 3.63) is 24.3 Å². The summed E-state index contributed by atoms with van der Waals surface area (Å²) in [6.07, 6.45) is 1.67. The lowest BCUT2D eigenvalue weighted by Crippen LogP contribution is -2.13. The van der Waals surface area contributed by atoms with Crippen LogP contribution in [0.2, 0.25) is 0 Å². The fraction of sp³-hybridized carbons (Fsp3) is 0.462. The van der Waals surface area contributed by atoms with Crippen molar-refractivity contribution in [2.24, 2.45) is 0 Å². The van der Waals surface area contributed by atoms with Crippen molar-refractivity contribution in [1.29, 1.82) is 0 Å². The zero-order chi connectivity index (χ0) is 14.8. The van der Waals surface area contributed by atoms with Crippen molar-refractivity contribution < 1.29 is 28.6 Å². The molecule has 0 aliphatic carbocycles. The second kappa shape index (κ2) is 8.91. The molecule has 106 valence electrons. The van der Waals surface area contributed by atoms with E-state index < -0.39 is 17.9 Å². The summed E-state index contributed by atoms with van der Waals surface area (Å²) in [5, 5.41) is 0. The van der Waals surface area contributed by atoms with E-state index in [1.807, 2.05) is 0 Å². The quantitative estimate of drug-likeness (QED) is 0.299. The third-order valence-electron chi connectivity index (χ3n) is 1.62. The predicted molar refractivity (Wildman–Crippen MR) is 67.1 cm³/mol. The molecule has 0 aromatic carbocycles. The van der Waals surface area contributed by atoms with Crippen LogP contribution in [0.1, 0.15) is 20.8 Å². The Balaban J connectivity index is 3.82. The molecule has 0 aliphatic heterocycles. The highest BCUT2D eigenvalue weighted by Gasteiger charge is 2.05. The van der Waals surface area contributed by atoms with Crippen molar-refractivity contribution in [2.45, 2.75) is 26.9 Å². The molecule has 0 saturated heterocycles. The van der Waals surface area contributed by atoms with E-state index in [4.69, 9.17) is 9.47 Å². The van der Waals surface area contributed by atoms with Crippen LogP contribution in [0.3, 0.4) is 0 Å². The first-order valence-electron chi connectivity index (χ1n) is 5.71. The minimum atomic E-state index is -0.716. The highest BCUT2D eigenvalue weighted by atomic mass is 16.6. The topological polar surface area (TPSA) is 78.9 Å². The van der Waals surface area contributed by atoms with Crippen LogP contribution in [-0.4, -0.2) is 37.2 Å². The zero-order valence-electron chi connectivity index (χ0n) is 11.3. The molecule has 19 heavy (non-hydrogen) atoms. The summed E-state index contributed by atoms with van der Waals surface area (Å²) < 4.78 is 14.2. The van der Waals surface area contributed by atoms with Gasteiger partial charge in [-0.05, 0) is 20.8 Å². The van der Waals surface area contributed by atoms with Crippen LogP contribution in [0.25, 0.3) is 0 Å². The highest BCUT2D eigenvalue weighted by Crippen LogP contribution is 1.93. The molecule has 0 atom stereocenters. The van der Waals surface area contributed by atoms with Crippen LogP contribution in [0.5, 0.6) is 0 Å². The van der Waals surface area contributed by atoms with Crippen molar-refractivity contribution >= 4 is 17.9 Å². The molecule has 0 aliphatic rings. The van der Waals surface area contributed by atoms with Gasteiger partial charge in [-0.3, -0.25) is 0 Å². The van der Waals surface area contributed by atoms with Crippen LogP contribution in [-0.2, 0) is 28.6 Å². The van der Waals surface area contributed by atoms with Gasteiger partial charge < -0.3 is 14.2 Å². The van der Waals surface area contributed by atoms with E-state index in [1.165, 1.54) is 6.92 Å². The minimum absolute atomic E-state index is 0.0677. The molecule has 0 aromatic rings. The first-order valence-corrected chi connectivity index (χ1v) is 5.71. The van der Waals surface area contributed by atoms with E-state index >= 15 is 0 Å². The molecule has 0 N–H and O–H groups in total. The summed E-state index contributed by atoms with van der Waals surface area (Å²) in [7, 11) is 0. The minimum Gasteiger partial charge on any atom is -0.460 e. The Morgan fingerprint density at radius 1 is 1.05 bits per heavy atom. The summed E-state index contributed by atoms with van der Waals surface area (Å²) in [5.74, 6) is -1.89.